The van der Waals surface area contributed by atoms with Gasteiger partial charge in [-0.1, -0.05) is 48.5 Å². The fourth-order valence-electron chi connectivity index (χ4n) is 4.51. The zero-order valence-corrected chi connectivity index (χ0v) is 16.0. The first-order chi connectivity index (χ1) is 13.6. The third kappa shape index (κ3) is 2.40. The van der Waals surface area contributed by atoms with Crippen molar-refractivity contribution < 1.29 is 14.7 Å². The monoisotopic (exact) mass is 389 g/mol. The summed E-state index contributed by atoms with van der Waals surface area (Å²) in [5.74, 6) is -1.32. The van der Waals surface area contributed by atoms with Gasteiger partial charge in [-0.25, -0.2) is 0 Å². The number of amides is 1. The molecule has 28 heavy (non-hydrogen) atoms. The average molecular weight is 389 g/mol. The molecule has 0 bridgehead atoms. The van der Waals surface area contributed by atoms with Gasteiger partial charge in [0, 0.05) is 16.0 Å². The quantitative estimate of drug-likeness (QED) is 0.738. The van der Waals surface area contributed by atoms with Crippen molar-refractivity contribution in [2.24, 2.45) is 5.92 Å². The van der Waals surface area contributed by atoms with Gasteiger partial charge in [0.2, 0.25) is 0 Å². The molecule has 1 amide bonds. The third-order valence-electron chi connectivity index (χ3n) is 5.88. The number of carbonyl (C=O) groups is 2. The van der Waals surface area contributed by atoms with Gasteiger partial charge in [0.1, 0.15) is 0 Å². The molecule has 4 nitrogen and oxygen atoms in total. The van der Waals surface area contributed by atoms with Crippen LogP contribution in [0.15, 0.2) is 66.0 Å². The van der Waals surface area contributed by atoms with Crippen LogP contribution in [0.4, 0.5) is 5.69 Å². The second-order valence-corrected chi connectivity index (χ2v) is 8.40. The van der Waals surface area contributed by atoms with Gasteiger partial charge in [0.05, 0.1) is 18.2 Å². The fourth-order valence-corrected chi connectivity index (χ4v) is 5.20. The Balaban J connectivity index is 1.59. The average Bonchev–Trinajstić information content (AvgIpc) is 3.31. The molecule has 0 radical (unpaired) electrons. The van der Waals surface area contributed by atoms with Crippen LogP contribution in [-0.4, -0.2) is 16.8 Å². The van der Waals surface area contributed by atoms with E-state index in [0.717, 1.165) is 10.4 Å². The number of anilines is 1. The molecule has 1 aromatic heterocycles. The maximum absolute atomic E-state index is 13.5. The maximum atomic E-state index is 13.5. The molecule has 5 rings (SSSR count). The minimum atomic E-state index is -1.82. The summed E-state index contributed by atoms with van der Waals surface area (Å²) in [5, 5.41) is 13.7. The van der Waals surface area contributed by atoms with Crippen LogP contribution in [0.3, 0.4) is 0 Å². The van der Waals surface area contributed by atoms with E-state index in [1.807, 2.05) is 53.9 Å². The van der Waals surface area contributed by atoms with Gasteiger partial charge in [0.25, 0.3) is 5.91 Å². The third-order valence-corrected chi connectivity index (χ3v) is 6.74. The standard InChI is InChI=1S/C23H19NO3S/c25-21-17-8-2-1-6-15(17)11-12-19(21)23(27)18-9-3-4-10-20(18)24(22(23)26)14-16-7-5-13-28-16/h1-10,13,19,27H,11-12,14H2/t19-,23+/m1/s1. The van der Waals surface area contributed by atoms with E-state index in [1.165, 1.54) is 0 Å². The Labute approximate surface area is 167 Å². The van der Waals surface area contributed by atoms with Crippen LogP contribution in [0.25, 0.3) is 0 Å². The summed E-state index contributed by atoms with van der Waals surface area (Å²) in [6.07, 6.45) is 1.13. The lowest BCUT2D eigenvalue weighted by Gasteiger charge is -2.34. The van der Waals surface area contributed by atoms with Crippen LogP contribution in [-0.2, 0) is 23.4 Å². The molecular weight excluding hydrogens is 370 g/mol. The highest BCUT2D eigenvalue weighted by molar-refractivity contribution is 7.09. The van der Waals surface area contributed by atoms with Crippen LogP contribution in [0.2, 0.25) is 0 Å². The zero-order valence-electron chi connectivity index (χ0n) is 15.2. The van der Waals surface area contributed by atoms with Crippen molar-refractivity contribution in [1.29, 1.82) is 0 Å². The van der Waals surface area contributed by atoms with Crippen molar-refractivity contribution in [3.05, 3.63) is 87.6 Å². The fraction of sp³-hybridized carbons (Fsp3) is 0.217. The number of hydrogen-bond acceptors (Lipinski definition) is 4. The normalized spacial score (nSPS) is 23.6. The number of nitrogens with zero attached hydrogens (tertiary/aromatic N) is 1. The number of aryl methyl sites for hydroxylation is 1. The van der Waals surface area contributed by atoms with Gasteiger partial charge in [-0.15, -0.1) is 11.3 Å². The Kier molecular flexibility index (Phi) is 3.96. The van der Waals surface area contributed by atoms with Crippen molar-refractivity contribution in [2.75, 3.05) is 4.90 Å². The molecule has 0 saturated heterocycles. The maximum Gasteiger partial charge on any atom is 0.264 e. The lowest BCUT2D eigenvalue weighted by Crippen LogP contribution is -2.49. The van der Waals surface area contributed by atoms with Crippen LogP contribution < -0.4 is 4.90 Å². The Bertz CT molecular complexity index is 1070. The van der Waals surface area contributed by atoms with E-state index in [9.17, 15) is 14.7 Å². The van der Waals surface area contributed by atoms with Crippen molar-refractivity contribution in [1.82, 2.24) is 0 Å². The van der Waals surface area contributed by atoms with E-state index < -0.39 is 17.4 Å². The van der Waals surface area contributed by atoms with E-state index in [0.29, 0.717) is 36.2 Å². The molecule has 2 aromatic carbocycles. The van der Waals surface area contributed by atoms with Crippen LogP contribution in [0.5, 0.6) is 0 Å². The number of rotatable bonds is 3. The molecule has 1 aliphatic carbocycles. The van der Waals surface area contributed by atoms with Crippen molar-refractivity contribution in [2.45, 2.75) is 25.0 Å². The number of carbonyl (C=O) groups excluding carboxylic acids is 2. The highest BCUT2D eigenvalue weighted by atomic mass is 32.1. The zero-order chi connectivity index (χ0) is 19.3. The van der Waals surface area contributed by atoms with Gasteiger partial charge in [-0.05, 0) is 35.9 Å². The van der Waals surface area contributed by atoms with E-state index in [1.54, 1.807) is 28.4 Å². The molecule has 2 heterocycles. The summed E-state index contributed by atoms with van der Waals surface area (Å²) in [6, 6.07) is 18.7. The van der Waals surface area contributed by atoms with Gasteiger partial charge >= 0.3 is 0 Å². The van der Waals surface area contributed by atoms with E-state index in [-0.39, 0.29) is 5.78 Å². The smallest absolute Gasteiger partial charge is 0.264 e. The minimum absolute atomic E-state index is 0.148. The molecule has 5 heteroatoms. The van der Waals surface area contributed by atoms with E-state index in [2.05, 4.69) is 0 Å². The molecule has 2 aliphatic rings. The molecule has 1 aliphatic heterocycles. The predicted molar refractivity (Wildman–Crippen MR) is 108 cm³/mol. The highest BCUT2D eigenvalue weighted by Crippen LogP contribution is 2.48. The molecule has 0 unspecified atom stereocenters. The molecule has 2 atom stereocenters. The van der Waals surface area contributed by atoms with Crippen molar-refractivity contribution in [3.8, 4) is 0 Å². The highest BCUT2D eigenvalue weighted by Gasteiger charge is 2.57. The summed E-state index contributed by atoms with van der Waals surface area (Å²) in [4.78, 5) is 29.4. The molecule has 0 saturated carbocycles. The lowest BCUT2D eigenvalue weighted by molar-refractivity contribution is -0.140. The van der Waals surface area contributed by atoms with Crippen molar-refractivity contribution >= 4 is 28.7 Å². The van der Waals surface area contributed by atoms with E-state index in [4.69, 9.17) is 0 Å². The van der Waals surface area contributed by atoms with Gasteiger partial charge in [-0.3, -0.25) is 9.59 Å². The lowest BCUT2D eigenvalue weighted by atomic mass is 9.71. The molecule has 3 aromatic rings. The number of thiophene rings is 1. The van der Waals surface area contributed by atoms with Crippen LogP contribution in [0, 0.1) is 5.92 Å². The summed E-state index contributed by atoms with van der Waals surface area (Å²) in [5.41, 5.74) is 1.01. The van der Waals surface area contributed by atoms with Crippen LogP contribution >= 0.6 is 11.3 Å². The largest absolute Gasteiger partial charge is 0.375 e. The van der Waals surface area contributed by atoms with E-state index >= 15 is 0 Å². The molecular formula is C23H19NO3S. The number of para-hydroxylation sites is 1. The molecule has 140 valence electrons. The first-order valence-electron chi connectivity index (χ1n) is 9.39. The van der Waals surface area contributed by atoms with Gasteiger partial charge < -0.3 is 10.0 Å². The summed E-state index contributed by atoms with van der Waals surface area (Å²) in [7, 11) is 0. The number of Topliss-reactive ketones (excluding diaryl/α,β-unsaturated/α-hetero) is 1. The van der Waals surface area contributed by atoms with Crippen molar-refractivity contribution in [3.63, 3.8) is 0 Å². The Morgan fingerprint density at radius 2 is 1.82 bits per heavy atom. The van der Waals surface area contributed by atoms with Crippen LogP contribution in [0.1, 0.15) is 32.8 Å². The number of aliphatic hydroxyl groups is 1. The summed E-state index contributed by atoms with van der Waals surface area (Å²) in [6.45, 7) is 0.396. The number of ketones is 1. The Hall–Kier alpha value is -2.76. The number of hydrogen-bond donors (Lipinski definition) is 1. The Morgan fingerprint density at radius 3 is 2.64 bits per heavy atom. The van der Waals surface area contributed by atoms with Gasteiger partial charge in [0.15, 0.2) is 11.4 Å². The molecule has 1 N–H and O–H groups in total. The number of fused-ring (bicyclic) bond motifs is 2. The summed E-state index contributed by atoms with van der Waals surface area (Å²) < 4.78 is 0. The minimum Gasteiger partial charge on any atom is -0.375 e. The molecule has 0 fully saturated rings. The number of benzene rings is 2. The first-order valence-corrected chi connectivity index (χ1v) is 10.3. The Morgan fingerprint density at radius 1 is 1.04 bits per heavy atom. The van der Waals surface area contributed by atoms with Gasteiger partial charge in [-0.2, -0.15) is 0 Å². The second-order valence-electron chi connectivity index (χ2n) is 7.37. The first kappa shape index (κ1) is 17.3. The summed E-state index contributed by atoms with van der Waals surface area (Å²) >= 11 is 1.57. The predicted octanol–water partition coefficient (Wildman–Crippen LogP) is 3.93. The SMILES string of the molecule is O=C1c2ccccc2CC[C@H]1[C@]1(O)C(=O)N(Cc2cccs2)c2ccccc21. The second kappa shape index (κ2) is 6.40. The topological polar surface area (TPSA) is 57.6 Å². The molecule has 0 spiro atoms.